The van der Waals surface area contributed by atoms with Crippen molar-refractivity contribution in [2.24, 2.45) is 0 Å². The Morgan fingerprint density at radius 2 is 1.81 bits per heavy atom. The van der Waals surface area contributed by atoms with E-state index < -0.39 is 5.60 Å². The van der Waals surface area contributed by atoms with E-state index in [0.717, 1.165) is 78.2 Å². The molecule has 1 fully saturated rings. The normalized spacial score (nSPS) is 15.1. The number of aromatic nitrogens is 5. The Kier molecular flexibility index (Phi) is 6.40. The summed E-state index contributed by atoms with van der Waals surface area (Å²) in [5.74, 6) is 1.90. The van der Waals surface area contributed by atoms with Crippen molar-refractivity contribution in [2.45, 2.75) is 66.0 Å². The average molecular weight is 490 g/mol. The van der Waals surface area contributed by atoms with E-state index in [4.69, 9.17) is 19.7 Å². The number of rotatable bonds is 5. The molecule has 1 aliphatic heterocycles. The molecule has 0 radical (unpaired) electrons. The fourth-order valence-corrected chi connectivity index (χ4v) is 4.94. The van der Waals surface area contributed by atoms with E-state index in [2.05, 4.69) is 34.4 Å². The van der Waals surface area contributed by atoms with Gasteiger partial charge in [-0.25, -0.2) is 19.7 Å². The maximum atomic E-state index is 12.3. The largest absolute Gasteiger partial charge is 0.444 e. The van der Waals surface area contributed by atoms with Crippen LogP contribution in [0.2, 0.25) is 0 Å². The number of nitrogens with zero attached hydrogens (tertiary/aromatic N) is 7. The molecule has 1 saturated heterocycles. The molecule has 9 nitrogen and oxygen atoms in total. The minimum absolute atomic E-state index is 0.245. The van der Waals surface area contributed by atoms with Crippen LogP contribution in [-0.2, 0) is 30.5 Å². The maximum absolute atomic E-state index is 12.3. The molecule has 190 valence electrons. The predicted molar refractivity (Wildman–Crippen MR) is 138 cm³/mol. The molecule has 2 aliphatic rings. The van der Waals surface area contributed by atoms with Crippen LogP contribution in [0.1, 0.15) is 63.2 Å². The molecular formula is C27H35N7O2. The number of ether oxygens (including phenoxy) is 1. The molecule has 5 rings (SSSR count). The highest BCUT2D eigenvalue weighted by molar-refractivity contribution is 5.69. The molecule has 1 amide bonds. The first-order valence-electron chi connectivity index (χ1n) is 12.9. The van der Waals surface area contributed by atoms with E-state index in [0.29, 0.717) is 19.5 Å². The summed E-state index contributed by atoms with van der Waals surface area (Å²) >= 11 is 0. The summed E-state index contributed by atoms with van der Waals surface area (Å²) in [6, 6.07) is 4.14. The molecule has 36 heavy (non-hydrogen) atoms. The van der Waals surface area contributed by atoms with Gasteiger partial charge < -0.3 is 19.1 Å². The zero-order valence-corrected chi connectivity index (χ0v) is 21.9. The Bertz CT molecular complexity index is 1250. The van der Waals surface area contributed by atoms with Gasteiger partial charge in [-0.1, -0.05) is 6.92 Å². The van der Waals surface area contributed by atoms with Crippen LogP contribution in [0.5, 0.6) is 0 Å². The number of carbonyl (C=O) groups is 1. The number of amides is 1. The van der Waals surface area contributed by atoms with Crippen molar-refractivity contribution in [3.63, 3.8) is 0 Å². The van der Waals surface area contributed by atoms with Gasteiger partial charge in [0.1, 0.15) is 17.2 Å². The smallest absolute Gasteiger partial charge is 0.410 e. The van der Waals surface area contributed by atoms with Gasteiger partial charge >= 0.3 is 6.09 Å². The van der Waals surface area contributed by atoms with Gasteiger partial charge in [-0.05, 0) is 39.8 Å². The maximum Gasteiger partial charge on any atom is 0.410 e. The first-order valence-corrected chi connectivity index (χ1v) is 12.9. The van der Waals surface area contributed by atoms with Crippen LogP contribution in [0.15, 0.2) is 24.5 Å². The number of hydrogen-bond acceptors (Lipinski definition) is 7. The van der Waals surface area contributed by atoms with Gasteiger partial charge in [-0.2, -0.15) is 0 Å². The number of fused-ring (bicyclic) bond motifs is 3. The van der Waals surface area contributed by atoms with Gasteiger partial charge in [0.25, 0.3) is 0 Å². The molecule has 4 heterocycles. The lowest BCUT2D eigenvalue weighted by Gasteiger charge is -2.36. The number of hydrogen-bond donors (Lipinski definition) is 0. The van der Waals surface area contributed by atoms with Crippen molar-refractivity contribution in [1.82, 2.24) is 29.4 Å². The lowest BCUT2D eigenvalue weighted by Crippen LogP contribution is -2.50. The zero-order chi connectivity index (χ0) is 25.4. The molecule has 0 spiro atoms. The van der Waals surface area contributed by atoms with E-state index in [1.807, 2.05) is 39.2 Å². The van der Waals surface area contributed by atoms with Crippen LogP contribution in [0.3, 0.4) is 0 Å². The third kappa shape index (κ3) is 4.79. The highest BCUT2D eigenvalue weighted by Crippen LogP contribution is 2.35. The highest BCUT2D eigenvalue weighted by Gasteiger charge is 2.28. The van der Waals surface area contributed by atoms with Crippen LogP contribution < -0.4 is 4.90 Å². The van der Waals surface area contributed by atoms with E-state index in [9.17, 15) is 4.79 Å². The predicted octanol–water partition coefficient (Wildman–Crippen LogP) is 3.87. The van der Waals surface area contributed by atoms with Gasteiger partial charge in [0.2, 0.25) is 0 Å². The van der Waals surface area contributed by atoms with Crippen molar-refractivity contribution in [2.75, 3.05) is 31.1 Å². The Balaban J connectivity index is 1.24. The topological polar surface area (TPSA) is 89.3 Å². The van der Waals surface area contributed by atoms with Gasteiger partial charge in [0.15, 0.2) is 0 Å². The van der Waals surface area contributed by atoms with Crippen molar-refractivity contribution in [1.29, 1.82) is 0 Å². The summed E-state index contributed by atoms with van der Waals surface area (Å²) in [7, 11) is 0. The molecule has 0 saturated carbocycles. The quantitative estimate of drug-likeness (QED) is 0.420. The Hall–Kier alpha value is -3.49. The van der Waals surface area contributed by atoms with Crippen LogP contribution in [0, 0.1) is 0 Å². The van der Waals surface area contributed by atoms with Crippen molar-refractivity contribution < 1.29 is 9.53 Å². The summed E-state index contributed by atoms with van der Waals surface area (Å²) in [6.07, 6.45) is 5.91. The second kappa shape index (κ2) is 9.52. The van der Waals surface area contributed by atoms with Crippen molar-refractivity contribution in [3.05, 3.63) is 53.1 Å². The van der Waals surface area contributed by atoms with Crippen LogP contribution in [-0.4, -0.2) is 67.3 Å². The van der Waals surface area contributed by atoms with Gasteiger partial charge in [-0.3, -0.25) is 4.98 Å². The van der Waals surface area contributed by atoms with Crippen LogP contribution in [0.4, 0.5) is 10.5 Å². The van der Waals surface area contributed by atoms with Crippen LogP contribution in [0.25, 0.3) is 11.4 Å². The summed E-state index contributed by atoms with van der Waals surface area (Å²) in [5.41, 5.74) is 5.95. The Labute approximate surface area is 212 Å². The Morgan fingerprint density at radius 3 is 2.44 bits per heavy atom. The summed E-state index contributed by atoms with van der Waals surface area (Å²) in [4.78, 5) is 35.4. The number of imidazole rings is 1. The molecule has 0 bridgehead atoms. The molecule has 0 N–H and O–H groups in total. The minimum atomic E-state index is -0.478. The first-order chi connectivity index (χ1) is 17.3. The van der Waals surface area contributed by atoms with Crippen molar-refractivity contribution in [3.8, 4) is 11.4 Å². The average Bonchev–Trinajstić information content (AvgIpc) is 3.39. The molecule has 0 atom stereocenters. The highest BCUT2D eigenvalue weighted by atomic mass is 16.6. The molecule has 1 aliphatic carbocycles. The molecule has 3 aromatic rings. The summed E-state index contributed by atoms with van der Waals surface area (Å²) in [6.45, 7) is 13.6. The van der Waals surface area contributed by atoms with Crippen molar-refractivity contribution >= 4 is 11.8 Å². The minimum Gasteiger partial charge on any atom is -0.444 e. The molecule has 0 aromatic carbocycles. The number of carbonyl (C=O) groups excluding carboxylic acids is 1. The monoisotopic (exact) mass is 489 g/mol. The van der Waals surface area contributed by atoms with E-state index in [1.165, 1.54) is 0 Å². The molecule has 9 heteroatoms. The lowest BCUT2D eigenvalue weighted by atomic mass is 10.2. The third-order valence-corrected chi connectivity index (χ3v) is 6.69. The lowest BCUT2D eigenvalue weighted by molar-refractivity contribution is 0.0240. The molecule has 0 unspecified atom stereocenters. The summed E-state index contributed by atoms with van der Waals surface area (Å²) < 4.78 is 7.78. The fourth-order valence-electron chi connectivity index (χ4n) is 4.94. The van der Waals surface area contributed by atoms with E-state index in [1.54, 1.807) is 4.90 Å². The summed E-state index contributed by atoms with van der Waals surface area (Å²) in [5, 5.41) is 0. The van der Waals surface area contributed by atoms with Gasteiger partial charge in [0.05, 0.1) is 35.4 Å². The molecular weight excluding hydrogens is 454 g/mol. The number of aryl methyl sites for hydroxylation is 1. The Morgan fingerprint density at radius 1 is 1.03 bits per heavy atom. The number of pyridine rings is 1. The fraction of sp³-hybridized carbons (Fsp3) is 0.519. The molecule has 3 aromatic heterocycles. The second-order valence-corrected chi connectivity index (χ2v) is 10.4. The SMILES string of the molecule is CCc1nc2c(n1CC)-c1nc(Cc3ccc(N4CCN(C(=O)OC(C)(C)C)CC4)cn3)ncc1C2. The van der Waals surface area contributed by atoms with Gasteiger partial charge in [0, 0.05) is 63.0 Å². The standard InChI is InChI=1S/C27H35N7O2/c1-6-23-30-21-14-18-16-29-22(31-24(18)25(21)34(23)7-2)15-19-8-9-20(17-28-19)32-10-12-33(13-11-32)26(35)36-27(3,4)5/h8-9,16-17H,6-7,10-15H2,1-5H3. The third-order valence-electron chi connectivity index (χ3n) is 6.69. The number of anilines is 1. The van der Waals surface area contributed by atoms with E-state index in [-0.39, 0.29) is 6.09 Å². The second-order valence-electron chi connectivity index (χ2n) is 10.4. The van der Waals surface area contributed by atoms with Crippen LogP contribution >= 0.6 is 0 Å². The zero-order valence-electron chi connectivity index (χ0n) is 21.9. The first kappa shape index (κ1) is 24.2. The number of piperazine rings is 1. The van der Waals surface area contributed by atoms with E-state index >= 15 is 0 Å². The van der Waals surface area contributed by atoms with Gasteiger partial charge in [-0.15, -0.1) is 0 Å².